The Kier molecular flexibility index (Phi) is 16.5. The van der Waals surface area contributed by atoms with Gasteiger partial charge in [0.15, 0.2) is 0 Å². The van der Waals surface area contributed by atoms with E-state index >= 15 is 0 Å². The summed E-state index contributed by atoms with van der Waals surface area (Å²) in [6.45, 7) is 13.7. The lowest BCUT2D eigenvalue weighted by atomic mass is 9.95. The molecule has 0 aliphatic carbocycles. The van der Waals surface area contributed by atoms with Crippen LogP contribution < -0.4 is 10.6 Å². The van der Waals surface area contributed by atoms with Crippen LogP contribution in [-0.2, 0) is 23.9 Å². The summed E-state index contributed by atoms with van der Waals surface area (Å²) in [5.41, 5.74) is 1.81. The fourth-order valence-corrected chi connectivity index (χ4v) is 4.81. The molecule has 1 aromatic rings. The summed E-state index contributed by atoms with van der Waals surface area (Å²) < 4.78 is 10.5. The van der Waals surface area contributed by atoms with E-state index in [1.54, 1.807) is 44.4 Å². The number of unbranched alkanes of at least 4 members (excludes halogenated alkanes) is 3. The van der Waals surface area contributed by atoms with Crippen molar-refractivity contribution in [1.82, 2.24) is 15.5 Å². The summed E-state index contributed by atoms with van der Waals surface area (Å²) in [6, 6.07) is 4.02. The molecule has 0 heterocycles. The molecule has 0 fully saturated rings. The molecule has 2 N–H and O–H groups in total. The minimum absolute atomic E-state index is 0.0279. The molecular weight excluding hydrogens is 542 g/mol. The summed E-state index contributed by atoms with van der Waals surface area (Å²) in [7, 11) is 0. The number of hydrogen-bond acceptors (Lipinski definition) is 7. The van der Waals surface area contributed by atoms with Gasteiger partial charge in [-0.2, -0.15) is 11.8 Å². The lowest BCUT2D eigenvalue weighted by molar-refractivity contribution is -0.144. The van der Waals surface area contributed by atoms with Gasteiger partial charge in [0.05, 0.1) is 13.0 Å². The normalized spacial score (nSPS) is 12.7. The van der Waals surface area contributed by atoms with E-state index < -0.39 is 29.7 Å². The van der Waals surface area contributed by atoms with Crippen molar-refractivity contribution in [3.05, 3.63) is 34.9 Å². The Hall–Kier alpha value is -2.75. The maximum absolute atomic E-state index is 14.3. The highest BCUT2D eigenvalue weighted by Crippen LogP contribution is 2.28. The summed E-state index contributed by atoms with van der Waals surface area (Å²) >= 11 is 1.57. The molecule has 3 amide bonds. The number of aryl methyl sites for hydroxylation is 2. The Balaban J connectivity index is 3.50. The third-order valence-electron chi connectivity index (χ3n) is 6.36. The molecule has 1 rings (SSSR count). The highest BCUT2D eigenvalue weighted by molar-refractivity contribution is 7.98. The average molecular weight is 594 g/mol. The second-order valence-electron chi connectivity index (χ2n) is 11.2. The van der Waals surface area contributed by atoms with Gasteiger partial charge < -0.3 is 25.0 Å². The van der Waals surface area contributed by atoms with E-state index in [0.29, 0.717) is 30.7 Å². The molecule has 9 nitrogen and oxygen atoms in total. The first kappa shape index (κ1) is 36.3. The van der Waals surface area contributed by atoms with E-state index in [-0.39, 0.29) is 31.4 Å². The quantitative estimate of drug-likeness (QED) is 0.182. The Morgan fingerprint density at radius 3 is 2.37 bits per heavy atom. The first-order valence-electron chi connectivity index (χ1n) is 14.6. The zero-order valence-electron chi connectivity index (χ0n) is 26.3. The molecule has 41 heavy (non-hydrogen) atoms. The van der Waals surface area contributed by atoms with Gasteiger partial charge in [-0.05, 0) is 77.5 Å². The summed E-state index contributed by atoms with van der Waals surface area (Å²) in [6.07, 6.45) is 5.32. The Labute approximate surface area is 250 Å². The molecule has 0 saturated carbocycles. The molecule has 1 aromatic carbocycles. The van der Waals surface area contributed by atoms with Crippen LogP contribution in [0.2, 0.25) is 0 Å². The lowest BCUT2D eigenvalue weighted by Crippen LogP contribution is -2.53. The van der Waals surface area contributed by atoms with Crippen molar-refractivity contribution in [3.63, 3.8) is 0 Å². The minimum atomic E-state index is -0.941. The molecule has 10 heteroatoms. The summed E-state index contributed by atoms with van der Waals surface area (Å²) in [5, 5.41) is 5.63. The van der Waals surface area contributed by atoms with Gasteiger partial charge in [0.1, 0.15) is 17.7 Å². The van der Waals surface area contributed by atoms with Crippen molar-refractivity contribution in [2.75, 3.05) is 31.7 Å². The van der Waals surface area contributed by atoms with Gasteiger partial charge in [0, 0.05) is 13.1 Å². The van der Waals surface area contributed by atoms with Crippen LogP contribution in [0.3, 0.4) is 0 Å². The van der Waals surface area contributed by atoms with Crippen molar-refractivity contribution >= 4 is 35.6 Å². The number of esters is 1. The number of benzene rings is 1. The van der Waals surface area contributed by atoms with E-state index in [9.17, 15) is 19.2 Å². The Morgan fingerprint density at radius 2 is 1.76 bits per heavy atom. The number of thioether (sulfide) groups is 1. The van der Waals surface area contributed by atoms with Gasteiger partial charge in [-0.15, -0.1) is 0 Å². The van der Waals surface area contributed by atoms with Gasteiger partial charge >= 0.3 is 12.1 Å². The third kappa shape index (κ3) is 13.6. The molecule has 232 valence electrons. The van der Waals surface area contributed by atoms with Crippen molar-refractivity contribution < 1.29 is 28.7 Å². The van der Waals surface area contributed by atoms with Gasteiger partial charge in [-0.1, -0.05) is 49.9 Å². The van der Waals surface area contributed by atoms with Crippen LogP contribution in [0.5, 0.6) is 0 Å². The smallest absolute Gasteiger partial charge is 0.408 e. The van der Waals surface area contributed by atoms with Crippen molar-refractivity contribution in [2.24, 2.45) is 0 Å². The molecule has 0 saturated heterocycles. The van der Waals surface area contributed by atoms with Crippen LogP contribution in [0.25, 0.3) is 0 Å². The number of amides is 3. The van der Waals surface area contributed by atoms with Crippen molar-refractivity contribution in [3.8, 4) is 0 Å². The first-order chi connectivity index (χ1) is 19.3. The largest absolute Gasteiger partial charge is 0.466 e. The molecule has 0 bridgehead atoms. The molecule has 2 atom stereocenters. The van der Waals surface area contributed by atoms with Crippen molar-refractivity contribution in [1.29, 1.82) is 0 Å². The zero-order chi connectivity index (χ0) is 31.0. The Morgan fingerprint density at radius 1 is 1.05 bits per heavy atom. The van der Waals surface area contributed by atoms with Gasteiger partial charge in [-0.3, -0.25) is 14.4 Å². The fraction of sp³-hybridized carbons (Fsp3) is 0.677. The van der Waals surface area contributed by atoms with Crippen LogP contribution in [0.1, 0.15) is 95.9 Å². The van der Waals surface area contributed by atoms with Gasteiger partial charge in [0.2, 0.25) is 11.8 Å². The minimum Gasteiger partial charge on any atom is -0.466 e. The van der Waals surface area contributed by atoms with E-state index in [4.69, 9.17) is 9.47 Å². The SMILES string of the molecule is CCCCCCN(C(=O)C(CCSC)NC(=O)OC(C)(C)C)C(C(=O)NCCC(=O)OCC)c1cc(C)ccc1C. The zero-order valence-corrected chi connectivity index (χ0v) is 27.1. The van der Waals surface area contributed by atoms with Crippen LogP contribution in [0.4, 0.5) is 4.79 Å². The molecular formula is C31H51N3O6S. The second kappa shape index (κ2) is 18.6. The fourth-order valence-electron chi connectivity index (χ4n) is 4.34. The number of hydrogen-bond donors (Lipinski definition) is 2. The van der Waals surface area contributed by atoms with Crippen LogP contribution in [0.15, 0.2) is 18.2 Å². The number of carbonyl (C=O) groups excluding carboxylic acids is 4. The molecule has 0 aliphatic heterocycles. The van der Waals surface area contributed by atoms with Crippen LogP contribution in [0, 0.1) is 13.8 Å². The number of nitrogens with one attached hydrogen (secondary N) is 2. The number of nitrogens with zero attached hydrogens (tertiary/aromatic N) is 1. The first-order valence-corrected chi connectivity index (χ1v) is 16.0. The molecule has 0 aromatic heterocycles. The molecule has 0 aliphatic rings. The maximum atomic E-state index is 14.3. The maximum Gasteiger partial charge on any atom is 0.408 e. The number of rotatable bonds is 17. The number of carbonyl (C=O) groups is 4. The predicted molar refractivity (Wildman–Crippen MR) is 165 cm³/mol. The van der Waals surface area contributed by atoms with E-state index in [0.717, 1.165) is 30.4 Å². The van der Waals surface area contributed by atoms with Crippen molar-refractivity contribution in [2.45, 2.75) is 105 Å². The van der Waals surface area contributed by atoms with E-state index in [1.165, 1.54) is 0 Å². The lowest BCUT2D eigenvalue weighted by Gasteiger charge is -2.35. The molecule has 0 radical (unpaired) electrons. The summed E-state index contributed by atoms with van der Waals surface area (Å²) in [5.74, 6) is -0.488. The Bertz CT molecular complexity index is 995. The van der Waals surface area contributed by atoms with Crippen LogP contribution in [-0.4, -0.2) is 72.1 Å². The van der Waals surface area contributed by atoms with E-state index in [2.05, 4.69) is 17.6 Å². The highest BCUT2D eigenvalue weighted by Gasteiger charge is 2.36. The second-order valence-corrected chi connectivity index (χ2v) is 12.2. The number of ether oxygens (including phenoxy) is 2. The van der Waals surface area contributed by atoms with Crippen LogP contribution >= 0.6 is 11.8 Å². The van der Waals surface area contributed by atoms with Gasteiger partial charge in [-0.25, -0.2) is 4.79 Å². The topological polar surface area (TPSA) is 114 Å². The average Bonchev–Trinajstić information content (AvgIpc) is 2.88. The summed E-state index contributed by atoms with van der Waals surface area (Å²) in [4.78, 5) is 54.4. The third-order valence-corrected chi connectivity index (χ3v) is 7.00. The van der Waals surface area contributed by atoms with Gasteiger partial charge in [0.25, 0.3) is 0 Å². The highest BCUT2D eigenvalue weighted by atomic mass is 32.2. The van der Waals surface area contributed by atoms with E-state index in [1.807, 2.05) is 38.3 Å². The predicted octanol–water partition coefficient (Wildman–Crippen LogP) is 5.47. The molecule has 0 spiro atoms. The molecule has 2 unspecified atom stereocenters. The number of alkyl carbamates (subject to hydrolysis) is 1. The monoisotopic (exact) mass is 593 g/mol. The standard InChI is InChI=1S/C31H51N3O6S/c1-9-11-12-13-19-34(29(37)25(17-20-41-8)33-30(38)40-31(5,6)7)27(24-21-22(3)14-15-23(24)4)28(36)32-18-16-26(35)39-10-2/h14-15,21,25,27H,9-13,16-20H2,1-8H3,(H,32,36)(H,33,38).